The predicted molar refractivity (Wildman–Crippen MR) is 139 cm³/mol. The number of nitrogens with zero attached hydrogens (tertiary/aromatic N) is 1. The van der Waals surface area contributed by atoms with Crippen LogP contribution >= 0.6 is 0 Å². The van der Waals surface area contributed by atoms with Gasteiger partial charge in [0.15, 0.2) is 0 Å². The van der Waals surface area contributed by atoms with Gasteiger partial charge in [-0.3, -0.25) is 9.59 Å². The van der Waals surface area contributed by atoms with Gasteiger partial charge >= 0.3 is 0 Å². The fraction of sp³-hybridized carbons (Fsp3) is 0.310. The number of rotatable bonds is 11. The molecular formula is C29H36N2O2. The van der Waals surface area contributed by atoms with Crippen LogP contribution in [0.5, 0.6) is 0 Å². The first kappa shape index (κ1) is 25.9. The van der Waals surface area contributed by atoms with Crippen LogP contribution in [0.15, 0.2) is 84.5 Å². The van der Waals surface area contributed by atoms with Crippen LogP contribution in [0.25, 0.3) is 5.57 Å². The van der Waals surface area contributed by atoms with Gasteiger partial charge in [-0.2, -0.15) is 0 Å². The molecule has 0 saturated heterocycles. The number of nitrogens with one attached hydrogen (secondary N) is 1. The molecule has 0 aliphatic carbocycles. The molecule has 2 aromatic carbocycles. The van der Waals surface area contributed by atoms with Gasteiger partial charge in [0, 0.05) is 12.2 Å². The maximum atomic E-state index is 12.7. The highest BCUT2D eigenvalue weighted by Gasteiger charge is 2.17. The van der Waals surface area contributed by atoms with Crippen molar-refractivity contribution in [2.75, 3.05) is 18.4 Å². The maximum absolute atomic E-state index is 12.7. The lowest BCUT2D eigenvalue weighted by Crippen LogP contribution is -2.39. The fourth-order valence-corrected chi connectivity index (χ4v) is 3.35. The highest BCUT2D eigenvalue weighted by atomic mass is 16.2. The number of carbonyl (C=O) groups is 2. The van der Waals surface area contributed by atoms with Crippen molar-refractivity contribution in [3.63, 3.8) is 0 Å². The summed E-state index contributed by atoms with van der Waals surface area (Å²) in [6, 6.07) is 17.4. The Kier molecular flexibility index (Phi) is 10.9. The molecule has 0 fully saturated rings. The number of carbonyl (C=O) groups excluding carboxylic acids is 2. The zero-order valence-corrected chi connectivity index (χ0v) is 20.3. The molecule has 0 bridgehead atoms. The van der Waals surface area contributed by atoms with E-state index < -0.39 is 0 Å². The Labute approximate surface area is 198 Å². The topological polar surface area (TPSA) is 49.4 Å². The fourth-order valence-electron chi connectivity index (χ4n) is 3.35. The number of amides is 2. The van der Waals surface area contributed by atoms with Crippen molar-refractivity contribution < 1.29 is 9.59 Å². The molecule has 0 aliphatic rings. The molecule has 0 unspecified atom stereocenters. The smallest absolute Gasteiger partial charge is 0.243 e. The van der Waals surface area contributed by atoms with Crippen LogP contribution in [0.2, 0.25) is 0 Å². The molecular weight excluding hydrogens is 408 g/mol. The molecule has 0 aromatic heterocycles. The van der Waals surface area contributed by atoms with Gasteiger partial charge in [0.2, 0.25) is 11.8 Å². The molecule has 4 nitrogen and oxygen atoms in total. The second-order valence-electron chi connectivity index (χ2n) is 8.16. The molecule has 0 aliphatic heterocycles. The van der Waals surface area contributed by atoms with E-state index >= 15 is 0 Å². The first-order chi connectivity index (χ1) is 15.9. The predicted octanol–water partition coefficient (Wildman–Crippen LogP) is 6.42. The third-order valence-corrected chi connectivity index (χ3v) is 5.40. The minimum absolute atomic E-state index is 0.0343. The minimum atomic E-state index is -0.186. The molecule has 174 valence electrons. The van der Waals surface area contributed by atoms with Crippen molar-refractivity contribution in [2.24, 2.45) is 0 Å². The zero-order valence-electron chi connectivity index (χ0n) is 20.3. The summed E-state index contributed by atoms with van der Waals surface area (Å²) in [5.41, 5.74) is 5.24. The number of hydrogen-bond acceptors (Lipinski definition) is 2. The third kappa shape index (κ3) is 9.32. The van der Waals surface area contributed by atoms with Crippen molar-refractivity contribution in [1.82, 2.24) is 4.90 Å². The molecule has 1 N–H and O–H groups in total. The van der Waals surface area contributed by atoms with Crippen LogP contribution in [0.1, 0.15) is 51.7 Å². The Morgan fingerprint density at radius 1 is 1.00 bits per heavy atom. The van der Waals surface area contributed by atoms with Crippen molar-refractivity contribution in [3.8, 4) is 0 Å². The summed E-state index contributed by atoms with van der Waals surface area (Å²) >= 11 is 0. The molecule has 0 radical (unpaired) electrons. The summed E-state index contributed by atoms with van der Waals surface area (Å²) in [4.78, 5) is 26.9. The van der Waals surface area contributed by atoms with Gasteiger partial charge in [-0.15, -0.1) is 0 Å². The maximum Gasteiger partial charge on any atom is 0.243 e. The lowest BCUT2D eigenvalue weighted by molar-refractivity contribution is -0.134. The number of anilines is 1. The Hall–Kier alpha value is -3.40. The first-order valence-corrected chi connectivity index (χ1v) is 11.6. The van der Waals surface area contributed by atoms with E-state index in [1.165, 1.54) is 11.1 Å². The molecule has 0 heterocycles. The monoisotopic (exact) mass is 444 g/mol. The van der Waals surface area contributed by atoms with E-state index in [1.807, 2.05) is 68.4 Å². The Morgan fingerprint density at radius 3 is 2.33 bits per heavy atom. The van der Waals surface area contributed by atoms with E-state index in [1.54, 1.807) is 4.90 Å². The first-order valence-electron chi connectivity index (χ1n) is 11.6. The Morgan fingerprint density at radius 2 is 1.70 bits per heavy atom. The normalized spacial score (nSPS) is 12.1. The van der Waals surface area contributed by atoms with Gasteiger partial charge in [-0.1, -0.05) is 79.3 Å². The number of allylic oxidation sites excluding steroid dienone is 6. The summed E-state index contributed by atoms with van der Waals surface area (Å²) in [5.74, 6) is -0.220. The van der Waals surface area contributed by atoms with Gasteiger partial charge in [0.25, 0.3) is 0 Å². The number of hydrogen-bond donors (Lipinski definition) is 1. The quantitative estimate of drug-likeness (QED) is 0.406. The van der Waals surface area contributed by atoms with Crippen molar-refractivity contribution in [1.29, 1.82) is 0 Å². The van der Waals surface area contributed by atoms with E-state index in [2.05, 4.69) is 43.5 Å². The largest absolute Gasteiger partial charge is 0.333 e. The van der Waals surface area contributed by atoms with Gasteiger partial charge in [0.1, 0.15) is 0 Å². The SMILES string of the molecule is CC=C(C)C=CCC=C(C)c1ccc(NC(=O)CN(CCC)C(=O)Cc2ccccc2)cc1. The van der Waals surface area contributed by atoms with Crippen molar-refractivity contribution in [3.05, 3.63) is 95.6 Å². The molecule has 0 spiro atoms. The lowest BCUT2D eigenvalue weighted by atomic mass is 10.1. The summed E-state index contributed by atoms with van der Waals surface area (Å²) in [6.45, 7) is 8.83. The molecule has 4 heteroatoms. The average molecular weight is 445 g/mol. The Bertz CT molecular complexity index is 986. The van der Waals surface area contributed by atoms with E-state index in [-0.39, 0.29) is 18.4 Å². The second kappa shape index (κ2) is 13.9. The van der Waals surface area contributed by atoms with Crippen LogP contribution < -0.4 is 5.32 Å². The average Bonchev–Trinajstić information content (AvgIpc) is 2.82. The van der Waals surface area contributed by atoms with Crippen LogP contribution in [0.4, 0.5) is 5.69 Å². The molecule has 33 heavy (non-hydrogen) atoms. The van der Waals surface area contributed by atoms with E-state index in [0.29, 0.717) is 13.0 Å². The van der Waals surface area contributed by atoms with Gasteiger partial charge in [-0.05, 0) is 62.4 Å². The van der Waals surface area contributed by atoms with Crippen molar-refractivity contribution >= 4 is 23.1 Å². The van der Waals surface area contributed by atoms with Crippen LogP contribution in [-0.4, -0.2) is 29.8 Å². The lowest BCUT2D eigenvalue weighted by Gasteiger charge is -2.22. The third-order valence-electron chi connectivity index (χ3n) is 5.40. The molecule has 0 atom stereocenters. The number of benzene rings is 2. The minimum Gasteiger partial charge on any atom is -0.333 e. The molecule has 0 saturated carbocycles. The molecule has 2 aromatic rings. The standard InChI is InChI=1S/C29H36N2O2/c1-5-20-31(29(33)21-25-14-8-7-9-15-25)22-28(32)30-27-18-16-26(17-19-27)24(4)13-11-10-12-23(3)6-2/h6-10,12-19H,5,11,20-22H2,1-4H3,(H,30,32). The summed E-state index contributed by atoms with van der Waals surface area (Å²) in [5, 5.41) is 2.92. The highest BCUT2D eigenvalue weighted by molar-refractivity contribution is 5.95. The van der Waals surface area contributed by atoms with Crippen LogP contribution in [0, 0.1) is 0 Å². The summed E-state index contributed by atoms with van der Waals surface area (Å²) < 4.78 is 0. The summed E-state index contributed by atoms with van der Waals surface area (Å²) in [7, 11) is 0. The second-order valence-corrected chi connectivity index (χ2v) is 8.16. The van der Waals surface area contributed by atoms with Crippen molar-refractivity contribution in [2.45, 2.75) is 47.0 Å². The summed E-state index contributed by atoms with van der Waals surface area (Å²) in [6.07, 6.45) is 10.5. The van der Waals surface area contributed by atoms with E-state index in [0.717, 1.165) is 29.7 Å². The van der Waals surface area contributed by atoms with Crippen LogP contribution in [-0.2, 0) is 16.0 Å². The zero-order chi connectivity index (χ0) is 24.1. The van der Waals surface area contributed by atoms with Crippen LogP contribution in [0.3, 0.4) is 0 Å². The van der Waals surface area contributed by atoms with E-state index in [4.69, 9.17) is 0 Å². The highest BCUT2D eigenvalue weighted by Crippen LogP contribution is 2.18. The Balaban J connectivity index is 1.92. The molecule has 2 amide bonds. The van der Waals surface area contributed by atoms with Gasteiger partial charge < -0.3 is 10.2 Å². The van der Waals surface area contributed by atoms with Gasteiger partial charge in [-0.25, -0.2) is 0 Å². The van der Waals surface area contributed by atoms with Gasteiger partial charge in [0.05, 0.1) is 13.0 Å². The molecule has 2 rings (SSSR count). The van der Waals surface area contributed by atoms with E-state index in [9.17, 15) is 9.59 Å².